The topological polar surface area (TPSA) is 54.0 Å². The van der Waals surface area contributed by atoms with Gasteiger partial charge in [-0.1, -0.05) is 26.7 Å². The maximum atomic E-state index is 11.3. The molecule has 5 heteroatoms. The van der Waals surface area contributed by atoms with Crippen LogP contribution in [0.4, 0.5) is 0 Å². The smallest absolute Gasteiger partial charge is 0.303 e. The van der Waals surface area contributed by atoms with Gasteiger partial charge in [0.1, 0.15) is 6.10 Å². The van der Waals surface area contributed by atoms with Gasteiger partial charge in [-0.05, 0) is 19.3 Å². The van der Waals surface area contributed by atoms with Crippen molar-refractivity contribution in [1.82, 2.24) is 0 Å². The maximum absolute atomic E-state index is 11.3. The lowest BCUT2D eigenvalue weighted by Crippen LogP contribution is -2.44. The summed E-state index contributed by atoms with van der Waals surface area (Å²) in [7, 11) is 0. The second-order valence-electron chi connectivity index (χ2n) is 5.46. The maximum Gasteiger partial charge on any atom is 0.303 e. The van der Waals surface area contributed by atoms with Crippen molar-refractivity contribution in [2.75, 3.05) is 26.4 Å². The van der Waals surface area contributed by atoms with Crippen LogP contribution in [0.3, 0.4) is 0 Å². The highest BCUT2D eigenvalue weighted by molar-refractivity contribution is 5.66. The summed E-state index contributed by atoms with van der Waals surface area (Å²) in [6, 6.07) is 0. The Morgan fingerprint density at radius 2 is 1.76 bits per heavy atom. The monoisotopic (exact) mass is 302 g/mol. The van der Waals surface area contributed by atoms with E-state index < -0.39 is 0 Å². The molecule has 1 rings (SSSR count). The molecule has 0 radical (unpaired) electrons. The first-order valence-electron chi connectivity index (χ1n) is 8.17. The highest BCUT2D eigenvalue weighted by Gasteiger charge is 2.35. The van der Waals surface area contributed by atoms with Crippen molar-refractivity contribution in [3.8, 4) is 0 Å². The van der Waals surface area contributed by atoms with E-state index in [1.807, 2.05) is 0 Å². The molecule has 1 fully saturated rings. The van der Waals surface area contributed by atoms with Crippen LogP contribution in [0.5, 0.6) is 0 Å². The minimum absolute atomic E-state index is 0.0692. The molecule has 3 atom stereocenters. The number of hydrogen-bond donors (Lipinski definition) is 0. The van der Waals surface area contributed by atoms with Crippen LogP contribution in [0, 0.1) is 0 Å². The third kappa shape index (κ3) is 7.25. The molecule has 21 heavy (non-hydrogen) atoms. The molecule has 0 N–H and O–H groups in total. The third-order valence-corrected chi connectivity index (χ3v) is 3.52. The van der Waals surface area contributed by atoms with E-state index in [1.54, 1.807) is 0 Å². The van der Waals surface area contributed by atoms with Gasteiger partial charge in [-0.25, -0.2) is 0 Å². The SMILES string of the molecule is CCCCOC1C(OC(C)=O)COCC[C@H]1OCCCC. The molecule has 1 heterocycles. The van der Waals surface area contributed by atoms with Gasteiger partial charge in [0.2, 0.25) is 0 Å². The van der Waals surface area contributed by atoms with Crippen molar-refractivity contribution in [1.29, 1.82) is 0 Å². The van der Waals surface area contributed by atoms with Crippen molar-refractivity contribution in [2.45, 2.75) is 71.2 Å². The van der Waals surface area contributed by atoms with Gasteiger partial charge in [-0.3, -0.25) is 4.79 Å². The lowest BCUT2D eigenvalue weighted by molar-refractivity contribution is -0.168. The highest BCUT2D eigenvalue weighted by Crippen LogP contribution is 2.20. The van der Waals surface area contributed by atoms with Gasteiger partial charge in [-0.2, -0.15) is 0 Å². The second kappa shape index (κ2) is 11.0. The van der Waals surface area contributed by atoms with Crippen LogP contribution in [0.1, 0.15) is 52.9 Å². The zero-order chi connectivity index (χ0) is 15.5. The fraction of sp³-hybridized carbons (Fsp3) is 0.938. The summed E-state index contributed by atoms with van der Waals surface area (Å²) in [5.74, 6) is -0.304. The standard InChI is InChI=1S/C16H30O5/c1-4-6-9-19-14-8-11-18-12-15(21-13(3)17)16(14)20-10-7-5-2/h14-16H,4-12H2,1-3H3/t14-,15?,16?/m1/s1. The predicted octanol–water partition coefficient (Wildman–Crippen LogP) is 2.71. The van der Waals surface area contributed by atoms with Crippen LogP contribution in [0.25, 0.3) is 0 Å². The Bertz CT molecular complexity index is 282. The van der Waals surface area contributed by atoms with Crippen LogP contribution < -0.4 is 0 Å². The van der Waals surface area contributed by atoms with Crippen LogP contribution in [-0.2, 0) is 23.7 Å². The molecule has 0 bridgehead atoms. The Morgan fingerprint density at radius 1 is 1.10 bits per heavy atom. The van der Waals surface area contributed by atoms with E-state index >= 15 is 0 Å². The lowest BCUT2D eigenvalue weighted by Gasteiger charge is -2.30. The summed E-state index contributed by atoms with van der Waals surface area (Å²) in [4.78, 5) is 11.3. The van der Waals surface area contributed by atoms with Crippen LogP contribution in [-0.4, -0.2) is 50.7 Å². The summed E-state index contributed by atoms with van der Waals surface area (Å²) in [5, 5.41) is 0. The van der Waals surface area contributed by atoms with Gasteiger partial charge in [0, 0.05) is 26.7 Å². The Kier molecular flexibility index (Phi) is 9.63. The van der Waals surface area contributed by atoms with Crippen LogP contribution in [0.2, 0.25) is 0 Å². The molecule has 124 valence electrons. The summed E-state index contributed by atoms with van der Waals surface area (Å²) in [6.07, 6.45) is 4.27. The third-order valence-electron chi connectivity index (χ3n) is 3.52. The zero-order valence-corrected chi connectivity index (χ0v) is 13.6. The first kappa shape index (κ1) is 18.4. The van der Waals surface area contributed by atoms with Gasteiger partial charge in [0.05, 0.1) is 12.7 Å². The van der Waals surface area contributed by atoms with Gasteiger partial charge >= 0.3 is 5.97 Å². The number of esters is 1. The van der Waals surface area contributed by atoms with Gasteiger partial charge in [0.15, 0.2) is 6.10 Å². The Balaban J connectivity index is 2.65. The van der Waals surface area contributed by atoms with E-state index in [9.17, 15) is 4.79 Å². The highest BCUT2D eigenvalue weighted by atomic mass is 16.6. The molecule has 0 aliphatic carbocycles. The molecule has 0 aromatic rings. The predicted molar refractivity (Wildman–Crippen MR) is 80.3 cm³/mol. The fourth-order valence-corrected chi connectivity index (χ4v) is 2.35. The van der Waals surface area contributed by atoms with Crippen molar-refractivity contribution in [2.24, 2.45) is 0 Å². The summed E-state index contributed by atoms with van der Waals surface area (Å²) < 4.78 is 22.9. The quantitative estimate of drug-likeness (QED) is 0.484. The van der Waals surface area contributed by atoms with Gasteiger partial charge in [-0.15, -0.1) is 0 Å². The van der Waals surface area contributed by atoms with E-state index in [1.165, 1.54) is 6.92 Å². The molecule has 0 amide bonds. The van der Waals surface area contributed by atoms with Crippen molar-refractivity contribution < 1.29 is 23.7 Å². The van der Waals surface area contributed by atoms with E-state index in [0.29, 0.717) is 26.4 Å². The number of rotatable bonds is 9. The molecule has 1 aliphatic heterocycles. The fourth-order valence-electron chi connectivity index (χ4n) is 2.35. The molecular weight excluding hydrogens is 272 g/mol. The molecule has 0 spiro atoms. The number of unbranched alkanes of at least 4 members (excludes halogenated alkanes) is 2. The van der Waals surface area contributed by atoms with E-state index in [0.717, 1.165) is 32.1 Å². The Morgan fingerprint density at radius 3 is 2.38 bits per heavy atom. The first-order valence-corrected chi connectivity index (χ1v) is 8.17. The normalized spacial score (nSPS) is 26.3. The first-order chi connectivity index (χ1) is 10.2. The van der Waals surface area contributed by atoms with E-state index in [-0.39, 0.29) is 24.3 Å². The Labute approximate surface area is 128 Å². The number of hydrogen-bond acceptors (Lipinski definition) is 5. The summed E-state index contributed by atoms with van der Waals surface area (Å²) in [5.41, 5.74) is 0. The van der Waals surface area contributed by atoms with E-state index in [4.69, 9.17) is 18.9 Å². The Hall–Kier alpha value is -0.650. The molecule has 2 unspecified atom stereocenters. The molecule has 0 aromatic heterocycles. The molecule has 0 saturated carbocycles. The number of carbonyl (C=O) groups excluding carboxylic acids is 1. The van der Waals surface area contributed by atoms with Crippen LogP contribution >= 0.6 is 0 Å². The average molecular weight is 302 g/mol. The molecule has 1 aliphatic rings. The number of ether oxygens (including phenoxy) is 4. The van der Waals surface area contributed by atoms with Gasteiger partial charge in [0.25, 0.3) is 0 Å². The molecule has 5 nitrogen and oxygen atoms in total. The molecule has 0 aromatic carbocycles. The molecular formula is C16H30O5. The minimum Gasteiger partial charge on any atom is -0.457 e. The number of carbonyl (C=O) groups is 1. The van der Waals surface area contributed by atoms with Crippen molar-refractivity contribution in [3.05, 3.63) is 0 Å². The lowest BCUT2D eigenvalue weighted by atomic mass is 10.1. The zero-order valence-electron chi connectivity index (χ0n) is 13.6. The second-order valence-corrected chi connectivity index (χ2v) is 5.46. The van der Waals surface area contributed by atoms with Gasteiger partial charge < -0.3 is 18.9 Å². The van der Waals surface area contributed by atoms with Crippen molar-refractivity contribution >= 4 is 5.97 Å². The molecule has 1 saturated heterocycles. The minimum atomic E-state index is -0.381. The average Bonchev–Trinajstić information content (AvgIpc) is 2.62. The summed E-state index contributed by atoms with van der Waals surface area (Å²) >= 11 is 0. The van der Waals surface area contributed by atoms with Crippen LogP contribution in [0.15, 0.2) is 0 Å². The largest absolute Gasteiger partial charge is 0.457 e. The van der Waals surface area contributed by atoms with E-state index in [2.05, 4.69) is 13.8 Å². The van der Waals surface area contributed by atoms with Crippen molar-refractivity contribution in [3.63, 3.8) is 0 Å². The summed E-state index contributed by atoms with van der Waals surface area (Å²) in [6.45, 7) is 8.04.